The molecule has 6 rings (SSSR count). The highest BCUT2D eigenvalue weighted by atomic mass is 16.5. The third kappa shape index (κ3) is 8.30. The summed E-state index contributed by atoms with van der Waals surface area (Å²) in [5.41, 5.74) is 3.89. The minimum Gasteiger partial charge on any atom is -0.453 e. The van der Waals surface area contributed by atoms with Crippen LogP contribution in [0.5, 0.6) is 0 Å². The number of hydrogen-bond acceptors (Lipinski definition) is 8. The molecule has 0 aromatic heterocycles. The van der Waals surface area contributed by atoms with Gasteiger partial charge in [-0.1, -0.05) is 76.2 Å². The van der Waals surface area contributed by atoms with Crippen molar-refractivity contribution in [3.63, 3.8) is 0 Å². The van der Waals surface area contributed by atoms with Crippen LogP contribution in [0.15, 0.2) is 71.7 Å². The molecule has 0 aliphatic carbocycles. The molecule has 3 aromatic carbocycles. The average molecular weight is 793 g/mol. The summed E-state index contributed by atoms with van der Waals surface area (Å²) in [5, 5.41) is 10.4. The van der Waals surface area contributed by atoms with Crippen molar-refractivity contribution in [1.29, 1.82) is 0 Å². The van der Waals surface area contributed by atoms with Crippen molar-refractivity contribution in [3.05, 3.63) is 72.3 Å². The third-order valence-corrected chi connectivity index (χ3v) is 12.1. The number of amides is 5. The molecule has 3 aliphatic rings. The average Bonchev–Trinajstić information content (AvgIpc) is 3.97. The summed E-state index contributed by atoms with van der Waals surface area (Å²) in [6.45, 7) is 12.4. The van der Waals surface area contributed by atoms with Gasteiger partial charge in [-0.2, -0.15) is 0 Å². The summed E-state index contributed by atoms with van der Waals surface area (Å²) in [7, 11) is 2.55. The van der Waals surface area contributed by atoms with Crippen LogP contribution in [-0.2, 0) is 23.9 Å². The minimum atomic E-state index is -1.08. The summed E-state index contributed by atoms with van der Waals surface area (Å²) < 4.78 is 9.53. The first kappa shape index (κ1) is 41.9. The summed E-state index contributed by atoms with van der Waals surface area (Å²) in [6, 6.07) is 18.8. The van der Waals surface area contributed by atoms with Gasteiger partial charge >= 0.3 is 12.2 Å². The van der Waals surface area contributed by atoms with Crippen molar-refractivity contribution in [2.75, 3.05) is 32.6 Å². The van der Waals surface area contributed by atoms with Crippen LogP contribution in [0, 0.1) is 11.8 Å². The molecule has 13 heteroatoms. The summed E-state index contributed by atoms with van der Waals surface area (Å²) >= 11 is 0. The quantitative estimate of drug-likeness (QED) is 0.186. The van der Waals surface area contributed by atoms with Gasteiger partial charge in [0.1, 0.15) is 17.6 Å². The Kier molecular flexibility index (Phi) is 12.3. The van der Waals surface area contributed by atoms with Gasteiger partial charge in [-0.3, -0.25) is 19.4 Å². The number of allylic oxidation sites excluding steroid dienone is 1. The second-order valence-corrected chi connectivity index (χ2v) is 16.6. The first-order valence-electron chi connectivity index (χ1n) is 20.2. The standard InChI is InChI=1S/C45H56N6O7/c1-27(2)37(48-42(55)57-7)39(52)50-23-9-21-44(50,5)36-20-19-35(47-36)30-13-11-29(12-14-30)31-15-16-33-26-34(18-17-32(33)25-31)46-41(54)45(6)22-10-24-51(45)40(53)38(28(3)4)49-43(56)58-8/h11-19,25-28,37-38H,9-10,20-24H2,1-8H3,(H,46,54)(H,48,55)(H,49,56)/t37-,38-,44-,45-/m0/s1. The molecule has 0 unspecified atom stereocenters. The molecule has 308 valence electrons. The lowest BCUT2D eigenvalue weighted by Gasteiger charge is -2.38. The van der Waals surface area contributed by atoms with Crippen molar-refractivity contribution >= 4 is 57.8 Å². The van der Waals surface area contributed by atoms with Crippen molar-refractivity contribution in [2.24, 2.45) is 16.8 Å². The van der Waals surface area contributed by atoms with E-state index in [9.17, 15) is 24.0 Å². The van der Waals surface area contributed by atoms with Crippen LogP contribution in [0.2, 0.25) is 0 Å². The van der Waals surface area contributed by atoms with Gasteiger partial charge in [0.25, 0.3) is 0 Å². The molecular formula is C45H56N6O7. The second-order valence-electron chi connectivity index (χ2n) is 16.6. The van der Waals surface area contributed by atoms with Crippen LogP contribution >= 0.6 is 0 Å². The zero-order chi connectivity index (χ0) is 41.9. The van der Waals surface area contributed by atoms with Gasteiger partial charge in [-0.15, -0.1) is 0 Å². The second kappa shape index (κ2) is 17.0. The number of hydrogen-bond donors (Lipinski definition) is 3. The number of nitrogens with one attached hydrogen (secondary N) is 3. The van der Waals surface area contributed by atoms with Crippen LogP contribution in [0.25, 0.3) is 27.6 Å². The highest BCUT2D eigenvalue weighted by Crippen LogP contribution is 2.38. The molecule has 5 amide bonds. The number of nitrogens with zero attached hydrogens (tertiary/aromatic N) is 3. The van der Waals surface area contributed by atoms with E-state index in [1.54, 1.807) is 11.8 Å². The zero-order valence-electron chi connectivity index (χ0n) is 34.8. The van der Waals surface area contributed by atoms with Crippen molar-refractivity contribution in [2.45, 2.75) is 96.8 Å². The normalized spacial score (nSPS) is 21.4. The number of carbonyl (C=O) groups excluding carboxylic acids is 5. The molecular weight excluding hydrogens is 737 g/mol. The Bertz CT molecular complexity index is 2150. The molecule has 2 saturated heterocycles. The lowest BCUT2D eigenvalue weighted by molar-refractivity contribution is -0.144. The van der Waals surface area contributed by atoms with Gasteiger partial charge in [-0.05, 0) is 97.0 Å². The fourth-order valence-electron chi connectivity index (χ4n) is 8.46. The highest BCUT2D eigenvalue weighted by Gasteiger charge is 2.49. The summed E-state index contributed by atoms with van der Waals surface area (Å²) in [4.78, 5) is 73.8. The van der Waals surface area contributed by atoms with E-state index < -0.39 is 35.3 Å². The number of likely N-dealkylation sites (tertiary alicyclic amines) is 2. The van der Waals surface area contributed by atoms with Gasteiger partial charge < -0.3 is 35.2 Å². The Morgan fingerprint density at radius 1 is 0.690 bits per heavy atom. The highest BCUT2D eigenvalue weighted by molar-refractivity contribution is 6.05. The van der Waals surface area contributed by atoms with Crippen LogP contribution in [0.4, 0.5) is 15.3 Å². The lowest BCUT2D eigenvalue weighted by Crippen LogP contribution is -2.59. The Morgan fingerprint density at radius 3 is 1.84 bits per heavy atom. The first-order valence-corrected chi connectivity index (χ1v) is 20.2. The molecule has 3 aliphatic heterocycles. The molecule has 4 atom stereocenters. The number of alkyl carbamates (subject to hydrolysis) is 2. The minimum absolute atomic E-state index is 0.109. The molecule has 13 nitrogen and oxygen atoms in total. The Morgan fingerprint density at radius 2 is 1.22 bits per heavy atom. The number of rotatable bonds is 11. The Labute approximate surface area is 340 Å². The SMILES string of the molecule is COC(=O)N[C@H](C(=O)N1CCC[C@@]1(C)C(=O)Nc1ccc2cc(-c3ccc(C4=CCC([C@]5(C)CCCN5C(=O)[C@@H](NC(=O)OC)C(C)C)=N4)cc3)ccc2c1)C(C)C. The van der Waals surface area contributed by atoms with E-state index in [2.05, 4.69) is 65.3 Å². The van der Waals surface area contributed by atoms with Gasteiger partial charge in [0, 0.05) is 30.9 Å². The van der Waals surface area contributed by atoms with Gasteiger partial charge in [-0.25, -0.2) is 9.59 Å². The van der Waals surface area contributed by atoms with Crippen LogP contribution in [-0.4, -0.2) is 95.9 Å². The maximum absolute atomic E-state index is 13.8. The maximum atomic E-state index is 13.8. The summed E-state index contributed by atoms with van der Waals surface area (Å²) in [6.07, 6.45) is 4.27. The van der Waals surface area contributed by atoms with E-state index in [1.807, 2.05) is 56.9 Å². The lowest BCUT2D eigenvalue weighted by atomic mass is 9.89. The van der Waals surface area contributed by atoms with Gasteiger partial charge in [0.05, 0.1) is 25.5 Å². The molecule has 0 radical (unpaired) electrons. The number of ether oxygens (including phenoxy) is 2. The first-order chi connectivity index (χ1) is 27.6. The number of fused-ring (bicyclic) bond motifs is 1. The van der Waals surface area contributed by atoms with Gasteiger partial charge in [0.15, 0.2) is 0 Å². The van der Waals surface area contributed by atoms with E-state index in [1.165, 1.54) is 14.2 Å². The van der Waals surface area contributed by atoms with E-state index >= 15 is 0 Å². The number of methoxy groups -OCH3 is 2. The van der Waals surface area contributed by atoms with Crippen molar-refractivity contribution in [3.8, 4) is 11.1 Å². The number of benzene rings is 3. The largest absolute Gasteiger partial charge is 0.453 e. The number of aliphatic imine (C=N–C) groups is 1. The topological polar surface area (TPSA) is 159 Å². The van der Waals surface area contributed by atoms with E-state index in [-0.39, 0.29) is 29.6 Å². The predicted molar refractivity (Wildman–Crippen MR) is 225 cm³/mol. The molecule has 3 N–H and O–H groups in total. The van der Waals surface area contributed by atoms with Crippen LogP contribution in [0.1, 0.15) is 79.2 Å². The molecule has 3 heterocycles. The monoisotopic (exact) mass is 792 g/mol. The van der Waals surface area contributed by atoms with Crippen molar-refractivity contribution in [1.82, 2.24) is 20.4 Å². The maximum Gasteiger partial charge on any atom is 0.407 e. The molecule has 0 bridgehead atoms. The smallest absolute Gasteiger partial charge is 0.407 e. The fraction of sp³-hybridized carbons (Fsp3) is 0.467. The van der Waals surface area contributed by atoms with E-state index in [0.29, 0.717) is 38.0 Å². The summed E-state index contributed by atoms with van der Waals surface area (Å²) in [5.74, 6) is -1.02. The van der Waals surface area contributed by atoms with Gasteiger partial charge in [0.2, 0.25) is 17.7 Å². The molecule has 58 heavy (non-hydrogen) atoms. The molecule has 0 saturated carbocycles. The Hall–Kier alpha value is -5.72. The molecule has 2 fully saturated rings. The van der Waals surface area contributed by atoms with Crippen molar-refractivity contribution < 1.29 is 33.4 Å². The predicted octanol–water partition coefficient (Wildman–Crippen LogP) is 7.15. The number of anilines is 1. The van der Waals surface area contributed by atoms with E-state index in [4.69, 9.17) is 14.5 Å². The Balaban J connectivity index is 1.13. The van der Waals surface area contributed by atoms with Crippen LogP contribution in [0.3, 0.4) is 0 Å². The zero-order valence-corrected chi connectivity index (χ0v) is 34.8. The number of carbonyl (C=O) groups is 5. The van der Waals surface area contributed by atoms with Crippen LogP contribution < -0.4 is 16.0 Å². The molecule has 0 spiro atoms. The fourth-order valence-corrected chi connectivity index (χ4v) is 8.46. The molecule has 3 aromatic rings. The third-order valence-electron chi connectivity index (χ3n) is 12.1. The van der Waals surface area contributed by atoms with E-state index in [0.717, 1.165) is 51.7 Å².